The summed E-state index contributed by atoms with van der Waals surface area (Å²) in [7, 11) is 1.55. The van der Waals surface area contributed by atoms with Gasteiger partial charge in [0.2, 0.25) is 0 Å². The monoisotopic (exact) mass is 280 g/mol. The molecule has 2 rings (SSSR count). The van der Waals surface area contributed by atoms with Crippen molar-refractivity contribution in [2.45, 2.75) is 6.92 Å². The molecule has 0 saturated carbocycles. The van der Waals surface area contributed by atoms with Crippen LogP contribution < -0.4 is 16.0 Å². The van der Waals surface area contributed by atoms with Crippen LogP contribution in [0.25, 0.3) is 5.69 Å². The molecule has 2 aromatic rings. The van der Waals surface area contributed by atoms with Crippen molar-refractivity contribution in [1.82, 2.24) is 15.2 Å². The van der Waals surface area contributed by atoms with Gasteiger partial charge >= 0.3 is 0 Å². The molecule has 6 nitrogen and oxygen atoms in total. The summed E-state index contributed by atoms with van der Waals surface area (Å²) in [5, 5.41) is 4.72. The lowest BCUT2D eigenvalue weighted by Gasteiger charge is -2.10. The van der Waals surface area contributed by atoms with E-state index >= 15 is 0 Å². The molecule has 0 spiro atoms. The van der Waals surface area contributed by atoms with Crippen LogP contribution in [0.5, 0.6) is 5.75 Å². The van der Waals surface area contributed by atoms with Crippen LogP contribution in [0.15, 0.2) is 24.4 Å². The average molecular weight is 281 g/mol. The first kappa shape index (κ1) is 13.4. The summed E-state index contributed by atoms with van der Waals surface area (Å²) in [5.41, 5.74) is 3.77. The van der Waals surface area contributed by atoms with E-state index < -0.39 is 5.91 Å². The number of nitrogens with one attached hydrogen (secondary N) is 1. The van der Waals surface area contributed by atoms with Gasteiger partial charge in [-0.1, -0.05) is 11.6 Å². The molecular formula is C12H13ClN4O2. The Morgan fingerprint density at radius 1 is 1.53 bits per heavy atom. The van der Waals surface area contributed by atoms with Gasteiger partial charge in [-0.25, -0.2) is 10.5 Å². The second kappa shape index (κ2) is 5.29. The molecule has 0 saturated heterocycles. The van der Waals surface area contributed by atoms with Crippen LogP contribution in [0.2, 0.25) is 5.02 Å². The van der Waals surface area contributed by atoms with Crippen molar-refractivity contribution in [3.8, 4) is 11.4 Å². The van der Waals surface area contributed by atoms with Gasteiger partial charge in [0, 0.05) is 5.02 Å². The molecule has 1 amide bonds. The van der Waals surface area contributed by atoms with Crippen molar-refractivity contribution in [3.63, 3.8) is 0 Å². The van der Waals surface area contributed by atoms with E-state index in [1.807, 2.05) is 0 Å². The first-order valence-electron chi connectivity index (χ1n) is 5.48. The Morgan fingerprint density at radius 2 is 2.26 bits per heavy atom. The van der Waals surface area contributed by atoms with E-state index in [1.165, 1.54) is 6.20 Å². The fourth-order valence-electron chi connectivity index (χ4n) is 1.78. The fourth-order valence-corrected chi connectivity index (χ4v) is 1.95. The Kier molecular flexibility index (Phi) is 3.73. The zero-order valence-corrected chi connectivity index (χ0v) is 11.2. The SMILES string of the molecule is COc1ccc(Cl)cc1-n1ncc(C(=O)NN)c1C. The van der Waals surface area contributed by atoms with Crippen LogP contribution in [0, 0.1) is 6.92 Å². The van der Waals surface area contributed by atoms with Crippen molar-refractivity contribution < 1.29 is 9.53 Å². The third kappa shape index (κ3) is 2.40. The summed E-state index contributed by atoms with van der Waals surface area (Å²) in [5.74, 6) is 5.33. The summed E-state index contributed by atoms with van der Waals surface area (Å²) >= 11 is 5.98. The Labute approximate surface area is 115 Å². The van der Waals surface area contributed by atoms with Gasteiger partial charge in [0.05, 0.1) is 24.6 Å². The van der Waals surface area contributed by atoms with Crippen LogP contribution in [0.3, 0.4) is 0 Å². The minimum atomic E-state index is -0.398. The number of hydrogen-bond acceptors (Lipinski definition) is 4. The summed E-state index contributed by atoms with van der Waals surface area (Å²) in [6, 6.07) is 5.17. The molecule has 19 heavy (non-hydrogen) atoms. The lowest BCUT2D eigenvalue weighted by Crippen LogP contribution is -2.30. The summed E-state index contributed by atoms with van der Waals surface area (Å²) < 4.78 is 6.84. The predicted molar refractivity (Wildman–Crippen MR) is 71.5 cm³/mol. The van der Waals surface area contributed by atoms with E-state index in [0.29, 0.717) is 27.7 Å². The molecule has 0 unspecified atom stereocenters. The van der Waals surface area contributed by atoms with Crippen LogP contribution in [0.4, 0.5) is 0 Å². The number of hydrogen-bond donors (Lipinski definition) is 2. The topological polar surface area (TPSA) is 82.2 Å². The van der Waals surface area contributed by atoms with Gasteiger partial charge in [-0.3, -0.25) is 10.2 Å². The van der Waals surface area contributed by atoms with E-state index in [1.54, 1.807) is 36.9 Å². The number of methoxy groups -OCH3 is 1. The van der Waals surface area contributed by atoms with Crippen LogP contribution in [-0.4, -0.2) is 22.8 Å². The summed E-state index contributed by atoms with van der Waals surface area (Å²) in [6.45, 7) is 1.76. The van der Waals surface area contributed by atoms with Crippen LogP contribution in [-0.2, 0) is 0 Å². The van der Waals surface area contributed by atoms with E-state index in [4.69, 9.17) is 22.2 Å². The number of nitrogens with two attached hydrogens (primary N) is 1. The van der Waals surface area contributed by atoms with Gasteiger partial charge in [0.25, 0.3) is 5.91 Å². The molecule has 1 heterocycles. The number of rotatable bonds is 3. The number of benzene rings is 1. The van der Waals surface area contributed by atoms with Gasteiger partial charge in [-0.15, -0.1) is 0 Å². The van der Waals surface area contributed by atoms with Gasteiger partial charge in [0.15, 0.2) is 0 Å². The first-order valence-corrected chi connectivity index (χ1v) is 5.85. The van der Waals surface area contributed by atoms with E-state index in [2.05, 4.69) is 10.5 Å². The second-order valence-corrected chi connectivity index (χ2v) is 4.28. The Hall–Kier alpha value is -2.05. The highest BCUT2D eigenvalue weighted by molar-refractivity contribution is 6.30. The third-order valence-electron chi connectivity index (χ3n) is 2.75. The smallest absolute Gasteiger partial charge is 0.268 e. The molecule has 0 bridgehead atoms. The quantitative estimate of drug-likeness (QED) is 0.506. The highest BCUT2D eigenvalue weighted by Crippen LogP contribution is 2.27. The molecule has 7 heteroatoms. The van der Waals surface area contributed by atoms with Gasteiger partial charge in [-0.05, 0) is 25.1 Å². The van der Waals surface area contributed by atoms with Gasteiger partial charge in [-0.2, -0.15) is 5.10 Å². The Morgan fingerprint density at radius 3 is 2.89 bits per heavy atom. The number of amides is 1. The van der Waals surface area contributed by atoms with Crippen molar-refractivity contribution in [2.24, 2.45) is 5.84 Å². The normalized spacial score (nSPS) is 10.3. The van der Waals surface area contributed by atoms with Crippen molar-refractivity contribution in [3.05, 3.63) is 40.7 Å². The number of carbonyl (C=O) groups excluding carboxylic acids is 1. The molecule has 0 atom stereocenters. The Bertz CT molecular complexity index is 624. The third-order valence-corrected chi connectivity index (χ3v) is 2.99. The summed E-state index contributed by atoms with van der Waals surface area (Å²) in [6.07, 6.45) is 1.44. The molecule has 0 aliphatic rings. The number of carbonyl (C=O) groups is 1. The molecule has 3 N–H and O–H groups in total. The number of nitrogens with zero attached hydrogens (tertiary/aromatic N) is 2. The molecule has 0 fully saturated rings. The molecule has 1 aromatic heterocycles. The Balaban J connectivity index is 2.57. The van der Waals surface area contributed by atoms with E-state index in [0.717, 1.165) is 0 Å². The minimum absolute atomic E-state index is 0.393. The zero-order chi connectivity index (χ0) is 14.0. The molecule has 0 aliphatic heterocycles. The summed E-state index contributed by atoms with van der Waals surface area (Å²) in [4.78, 5) is 11.6. The lowest BCUT2D eigenvalue weighted by atomic mass is 10.2. The predicted octanol–water partition coefficient (Wildman–Crippen LogP) is 1.45. The first-order chi connectivity index (χ1) is 9.08. The van der Waals surface area contributed by atoms with E-state index in [-0.39, 0.29) is 0 Å². The second-order valence-electron chi connectivity index (χ2n) is 3.85. The number of nitrogen functional groups attached to an aromatic ring is 1. The largest absolute Gasteiger partial charge is 0.494 e. The van der Waals surface area contributed by atoms with Crippen molar-refractivity contribution in [2.75, 3.05) is 7.11 Å². The molecule has 1 aromatic carbocycles. The maximum atomic E-state index is 11.6. The number of halogens is 1. The standard InChI is InChI=1S/C12H13ClN4O2/c1-7-9(12(18)16-14)6-15-17(7)10-5-8(13)3-4-11(10)19-2/h3-6H,14H2,1-2H3,(H,16,18). The highest BCUT2D eigenvalue weighted by atomic mass is 35.5. The molecular weight excluding hydrogens is 268 g/mol. The number of aromatic nitrogens is 2. The minimum Gasteiger partial charge on any atom is -0.494 e. The van der Waals surface area contributed by atoms with Crippen molar-refractivity contribution >= 4 is 17.5 Å². The van der Waals surface area contributed by atoms with E-state index in [9.17, 15) is 4.79 Å². The van der Waals surface area contributed by atoms with Crippen LogP contribution >= 0.6 is 11.6 Å². The number of hydrazine groups is 1. The zero-order valence-electron chi connectivity index (χ0n) is 10.5. The van der Waals surface area contributed by atoms with Gasteiger partial charge in [0.1, 0.15) is 11.4 Å². The van der Waals surface area contributed by atoms with Crippen LogP contribution in [0.1, 0.15) is 16.1 Å². The fraction of sp³-hybridized carbons (Fsp3) is 0.167. The van der Waals surface area contributed by atoms with Crippen molar-refractivity contribution in [1.29, 1.82) is 0 Å². The highest BCUT2D eigenvalue weighted by Gasteiger charge is 2.16. The van der Waals surface area contributed by atoms with Gasteiger partial charge < -0.3 is 4.74 Å². The molecule has 0 aliphatic carbocycles. The molecule has 100 valence electrons. The lowest BCUT2D eigenvalue weighted by molar-refractivity contribution is 0.0953. The molecule has 0 radical (unpaired) electrons. The maximum absolute atomic E-state index is 11.6. The maximum Gasteiger partial charge on any atom is 0.268 e. The average Bonchev–Trinajstić information content (AvgIpc) is 2.79. The number of ether oxygens (including phenoxy) is 1.